The molecule has 0 unspecified atom stereocenters. The lowest BCUT2D eigenvalue weighted by atomic mass is 9.98. The number of carbonyl (C=O) groups is 1. The van der Waals surface area contributed by atoms with E-state index in [4.69, 9.17) is 10.7 Å². The van der Waals surface area contributed by atoms with Gasteiger partial charge in [0.1, 0.15) is 5.82 Å². The van der Waals surface area contributed by atoms with Crippen molar-refractivity contribution in [3.8, 4) is 11.1 Å². The Morgan fingerprint density at radius 3 is 2.42 bits per heavy atom. The molecule has 0 aliphatic rings. The molecule has 0 saturated heterocycles. The van der Waals surface area contributed by atoms with E-state index in [1.165, 1.54) is 36.8 Å². The number of amides is 1. The van der Waals surface area contributed by atoms with E-state index in [9.17, 15) is 4.79 Å². The minimum atomic E-state index is -0.405. The first-order valence-electron chi connectivity index (χ1n) is 11.1. The van der Waals surface area contributed by atoms with Crippen LogP contribution in [0.25, 0.3) is 22.2 Å². The lowest BCUT2D eigenvalue weighted by Crippen LogP contribution is -2.12. The number of para-hydroxylation sites is 2. The normalized spacial score (nSPS) is 11.1. The van der Waals surface area contributed by atoms with Crippen LogP contribution < -0.4 is 5.73 Å². The molecule has 1 aromatic heterocycles. The van der Waals surface area contributed by atoms with E-state index >= 15 is 0 Å². The number of carbonyl (C=O) groups excluding carboxylic acids is 1. The molecule has 2 N–H and O–H groups in total. The van der Waals surface area contributed by atoms with Gasteiger partial charge in [-0.2, -0.15) is 0 Å². The van der Waals surface area contributed by atoms with Crippen LogP contribution in [0.5, 0.6) is 0 Å². The summed E-state index contributed by atoms with van der Waals surface area (Å²) in [6.45, 7) is 3.02. The fourth-order valence-electron chi connectivity index (χ4n) is 4.12. The highest BCUT2D eigenvalue weighted by molar-refractivity contribution is 5.99. The minimum Gasteiger partial charge on any atom is -0.366 e. The number of fused-ring (bicyclic) bond motifs is 1. The number of benzene rings is 3. The van der Waals surface area contributed by atoms with Crippen molar-refractivity contribution < 1.29 is 4.79 Å². The van der Waals surface area contributed by atoms with Crippen molar-refractivity contribution in [1.82, 2.24) is 9.55 Å². The molecular weight excluding hydrogens is 382 g/mol. The van der Waals surface area contributed by atoms with Gasteiger partial charge in [-0.3, -0.25) is 4.79 Å². The highest BCUT2D eigenvalue weighted by atomic mass is 16.1. The van der Waals surface area contributed by atoms with Crippen molar-refractivity contribution in [2.24, 2.45) is 5.73 Å². The van der Waals surface area contributed by atoms with Gasteiger partial charge in [0.15, 0.2) is 0 Å². The van der Waals surface area contributed by atoms with Gasteiger partial charge >= 0.3 is 0 Å². The highest BCUT2D eigenvalue weighted by Crippen LogP contribution is 2.25. The fraction of sp³-hybridized carbons (Fsp3) is 0.259. The van der Waals surface area contributed by atoms with E-state index in [1.54, 1.807) is 6.07 Å². The second-order valence-electron chi connectivity index (χ2n) is 8.02. The number of hydrogen-bond donors (Lipinski definition) is 1. The van der Waals surface area contributed by atoms with Gasteiger partial charge in [0.05, 0.1) is 11.0 Å². The third kappa shape index (κ3) is 4.69. The Morgan fingerprint density at radius 1 is 0.903 bits per heavy atom. The minimum absolute atomic E-state index is 0.405. The number of hydrogen-bond acceptors (Lipinski definition) is 2. The molecule has 0 bridgehead atoms. The van der Waals surface area contributed by atoms with Crippen molar-refractivity contribution in [1.29, 1.82) is 0 Å². The number of unbranched alkanes of at least 4 members (excludes halogenated alkanes) is 3. The summed E-state index contributed by atoms with van der Waals surface area (Å²) >= 11 is 0. The van der Waals surface area contributed by atoms with Crippen LogP contribution >= 0.6 is 0 Å². The maximum atomic E-state index is 11.8. The number of aromatic nitrogens is 2. The molecule has 4 aromatic rings. The Morgan fingerprint density at radius 2 is 1.65 bits per heavy atom. The van der Waals surface area contributed by atoms with Crippen LogP contribution in [0.3, 0.4) is 0 Å². The lowest BCUT2D eigenvalue weighted by Gasteiger charge is -2.11. The first kappa shape index (κ1) is 20.9. The molecule has 158 valence electrons. The van der Waals surface area contributed by atoms with Gasteiger partial charge < -0.3 is 10.3 Å². The quantitative estimate of drug-likeness (QED) is 0.345. The van der Waals surface area contributed by atoms with Crippen LogP contribution in [0.1, 0.15) is 54.4 Å². The van der Waals surface area contributed by atoms with Crippen LogP contribution in [0.2, 0.25) is 0 Å². The Labute approximate surface area is 183 Å². The zero-order valence-electron chi connectivity index (χ0n) is 18.1. The number of aryl methyl sites for hydroxylation is 1. The molecule has 0 saturated carbocycles. The van der Waals surface area contributed by atoms with Gasteiger partial charge in [-0.1, -0.05) is 80.8 Å². The summed E-state index contributed by atoms with van der Waals surface area (Å²) in [5.41, 5.74) is 11.4. The molecule has 1 heterocycles. The molecule has 0 radical (unpaired) electrons. The Balaban J connectivity index is 1.60. The zero-order valence-corrected chi connectivity index (χ0v) is 18.1. The van der Waals surface area contributed by atoms with Crippen LogP contribution in [0.4, 0.5) is 0 Å². The van der Waals surface area contributed by atoms with Gasteiger partial charge in [-0.15, -0.1) is 0 Å². The zero-order chi connectivity index (χ0) is 21.6. The molecule has 0 atom stereocenters. The Hall–Kier alpha value is -3.40. The van der Waals surface area contributed by atoms with E-state index in [2.05, 4.69) is 54.0 Å². The maximum Gasteiger partial charge on any atom is 0.249 e. The number of imidazole rings is 1. The topological polar surface area (TPSA) is 60.9 Å². The summed E-state index contributed by atoms with van der Waals surface area (Å²) in [5, 5.41) is 0. The van der Waals surface area contributed by atoms with E-state index < -0.39 is 5.91 Å². The Kier molecular flexibility index (Phi) is 6.46. The van der Waals surface area contributed by atoms with Crippen LogP contribution in [-0.2, 0) is 13.0 Å². The average Bonchev–Trinajstić information content (AvgIpc) is 3.14. The lowest BCUT2D eigenvalue weighted by molar-refractivity contribution is 0.100. The molecule has 4 rings (SSSR count). The van der Waals surface area contributed by atoms with Crippen LogP contribution in [-0.4, -0.2) is 15.5 Å². The second kappa shape index (κ2) is 9.61. The summed E-state index contributed by atoms with van der Waals surface area (Å²) in [7, 11) is 0. The largest absolute Gasteiger partial charge is 0.366 e. The Bertz CT molecular complexity index is 1170. The summed E-state index contributed by atoms with van der Waals surface area (Å²) < 4.78 is 2.34. The first-order valence-corrected chi connectivity index (χ1v) is 11.1. The van der Waals surface area contributed by atoms with Crippen molar-refractivity contribution >= 4 is 16.9 Å². The molecule has 0 aliphatic carbocycles. The molecule has 4 nitrogen and oxygen atoms in total. The highest BCUT2D eigenvalue weighted by Gasteiger charge is 2.12. The van der Waals surface area contributed by atoms with E-state index in [1.807, 2.05) is 24.3 Å². The van der Waals surface area contributed by atoms with Gasteiger partial charge in [-0.05, 0) is 41.3 Å². The molecule has 4 heteroatoms. The van der Waals surface area contributed by atoms with Crippen molar-refractivity contribution in [3.63, 3.8) is 0 Å². The third-order valence-corrected chi connectivity index (χ3v) is 5.79. The van der Waals surface area contributed by atoms with E-state index in [0.717, 1.165) is 35.4 Å². The van der Waals surface area contributed by atoms with Gasteiger partial charge in [-0.25, -0.2) is 4.98 Å². The predicted molar refractivity (Wildman–Crippen MR) is 127 cm³/mol. The van der Waals surface area contributed by atoms with Gasteiger partial charge in [0.25, 0.3) is 0 Å². The molecule has 3 aromatic carbocycles. The van der Waals surface area contributed by atoms with Gasteiger partial charge in [0.2, 0.25) is 5.91 Å². The standard InChI is InChI=1S/C27H29N3O/c1-2-3-4-5-14-26-29-24-12-8-9-13-25(24)30(26)19-20-15-17-21(18-16-20)22-10-6-7-11-23(22)27(28)31/h6-13,15-18H,2-5,14,19H2,1H3,(H2,28,31). The number of nitrogens with zero attached hydrogens (tertiary/aromatic N) is 2. The second-order valence-corrected chi connectivity index (χ2v) is 8.02. The smallest absolute Gasteiger partial charge is 0.249 e. The number of nitrogens with two attached hydrogens (primary N) is 1. The van der Waals surface area contributed by atoms with Crippen LogP contribution in [0.15, 0.2) is 72.8 Å². The maximum absolute atomic E-state index is 11.8. The molecule has 1 amide bonds. The van der Waals surface area contributed by atoms with Crippen molar-refractivity contribution in [3.05, 3.63) is 89.7 Å². The molecule has 0 fully saturated rings. The number of rotatable bonds is 9. The predicted octanol–water partition coefficient (Wildman–Crippen LogP) is 5.97. The van der Waals surface area contributed by atoms with Gasteiger partial charge in [0, 0.05) is 18.5 Å². The fourth-order valence-corrected chi connectivity index (χ4v) is 4.12. The average molecular weight is 412 g/mol. The van der Waals surface area contributed by atoms with Crippen molar-refractivity contribution in [2.45, 2.75) is 45.6 Å². The summed E-state index contributed by atoms with van der Waals surface area (Å²) in [5.74, 6) is 0.748. The van der Waals surface area contributed by atoms with Crippen LogP contribution in [0, 0.1) is 0 Å². The molecule has 0 aliphatic heterocycles. The number of primary amides is 1. The molecular formula is C27H29N3O. The molecule has 31 heavy (non-hydrogen) atoms. The first-order chi connectivity index (χ1) is 15.2. The monoisotopic (exact) mass is 411 g/mol. The van der Waals surface area contributed by atoms with E-state index in [0.29, 0.717) is 5.56 Å². The summed E-state index contributed by atoms with van der Waals surface area (Å²) in [4.78, 5) is 16.7. The SMILES string of the molecule is CCCCCCc1nc2ccccc2n1Cc1ccc(-c2ccccc2C(N)=O)cc1. The summed E-state index contributed by atoms with van der Waals surface area (Å²) in [6.07, 6.45) is 5.92. The van der Waals surface area contributed by atoms with E-state index in [-0.39, 0.29) is 0 Å². The van der Waals surface area contributed by atoms with Crippen molar-refractivity contribution in [2.75, 3.05) is 0 Å². The summed E-state index contributed by atoms with van der Waals surface area (Å²) in [6, 6.07) is 24.2. The third-order valence-electron chi connectivity index (χ3n) is 5.79. The molecule has 0 spiro atoms.